The standard InChI is InChI=1S/C12H13ClN4OS/c1-2-4-10-16-17-12(19-10)15-11(18)14-9-6-3-5-8(13)7-9/h3,5-7H,2,4H2,1H3,(H2,14,15,17,18). The van der Waals surface area contributed by atoms with Crippen LogP contribution in [0.3, 0.4) is 0 Å². The highest BCUT2D eigenvalue weighted by molar-refractivity contribution is 7.15. The van der Waals surface area contributed by atoms with Gasteiger partial charge in [-0.05, 0) is 24.6 Å². The summed E-state index contributed by atoms with van der Waals surface area (Å²) < 4.78 is 0. The van der Waals surface area contributed by atoms with Crippen molar-refractivity contribution in [2.75, 3.05) is 10.6 Å². The van der Waals surface area contributed by atoms with E-state index in [1.807, 2.05) is 0 Å². The predicted molar refractivity (Wildman–Crippen MR) is 78.0 cm³/mol. The number of rotatable bonds is 4. The fourth-order valence-electron chi connectivity index (χ4n) is 1.44. The van der Waals surface area contributed by atoms with Crippen molar-refractivity contribution in [3.8, 4) is 0 Å². The van der Waals surface area contributed by atoms with Gasteiger partial charge in [0.1, 0.15) is 5.01 Å². The molecule has 1 aromatic carbocycles. The molecule has 2 aromatic rings. The Hall–Kier alpha value is -1.66. The first-order chi connectivity index (χ1) is 9.17. The van der Waals surface area contributed by atoms with E-state index < -0.39 is 0 Å². The van der Waals surface area contributed by atoms with Gasteiger partial charge in [0.2, 0.25) is 5.13 Å². The minimum absolute atomic E-state index is 0.360. The van der Waals surface area contributed by atoms with Crippen molar-refractivity contribution >= 4 is 39.8 Å². The SMILES string of the molecule is CCCc1nnc(NC(=O)Nc2cccc(Cl)c2)s1. The molecule has 0 aliphatic heterocycles. The number of nitrogens with zero attached hydrogens (tertiary/aromatic N) is 2. The van der Waals surface area contributed by atoms with Crippen molar-refractivity contribution in [3.63, 3.8) is 0 Å². The first-order valence-electron chi connectivity index (χ1n) is 5.83. The van der Waals surface area contributed by atoms with E-state index >= 15 is 0 Å². The minimum Gasteiger partial charge on any atom is -0.308 e. The molecule has 1 heterocycles. The second-order valence-electron chi connectivity index (χ2n) is 3.84. The van der Waals surface area contributed by atoms with Crippen molar-refractivity contribution in [2.24, 2.45) is 0 Å². The van der Waals surface area contributed by atoms with Crippen LogP contribution < -0.4 is 10.6 Å². The number of anilines is 2. The zero-order valence-electron chi connectivity index (χ0n) is 10.3. The van der Waals surface area contributed by atoms with Gasteiger partial charge in [-0.25, -0.2) is 4.79 Å². The molecule has 2 amide bonds. The Morgan fingerprint density at radius 1 is 1.37 bits per heavy atom. The Morgan fingerprint density at radius 3 is 2.95 bits per heavy atom. The van der Waals surface area contributed by atoms with Gasteiger partial charge in [0.25, 0.3) is 0 Å². The third-order valence-electron chi connectivity index (χ3n) is 2.23. The van der Waals surface area contributed by atoms with Gasteiger partial charge in [-0.2, -0.15) is 0 Å². The molecule has 2 rings (SSSR count). The van der Waals surface area contributed by atoms with Crippen molar-refractivity contribution in [3.05, 3.63) is 34.3 Å². The molecule has 0 bridgehead atoms. The van der Waals surface area contributed by atoms with Gasteiger partial charge in [0.05, 0.1) is 0 Å². The van der Waals surface area contributed by atoms with Crippen LogP contribution in [0, 0.1) is 0 Å². The lowest BCUT2D eigenvalue weighted by Gasteiger charge is -2.04. The largest absolute Gasteiger partial charge is 0.325 e. The zero-order chi connectivity index (χ0) is 13.7. The van der Waals surface area contributed by atoms with Gasteiger partial charge in [0.15, 0.2) is 0 Å². The maximum Gasteiger partial charge on any atom is 0.325 e. The number of urea groups is 1. The van der Waals surface area contributed by atoms with Crippen LogP contribution in [0.4, 0.5) is 15.6 Å². The van der Waals surface area contributed by atoms with E-state index in [1.165, 1.54) is 11.3 Å². The topological polar surface area (TPSA) is 66.9 Å². The number of carbonyl (C=O) groups excluding carboxylic acids is 1. The average Bonchev–Trinajstić information content (AvgIpc) is 2.77. The van der Waals surface area contributed by atoms with E-state index in [0.29, 0.717) is 15.8 Å². The van der Waals surface area contributed by atoms with E-state index in [9.17, 15) is 4.79 Å². The average molecular weight is 297 g/mol. The Balaban J connectivity index is 1.93. The van der Waals surface area contributed by atoms with Gasteiger partial charge >= 0.3 is 6.03 Å². The fraction of sp³-hybridized carbons (Fsp3) is 0.250. The normalized spacial score (nSPS) is 10.2. The van der Waals surface area contributed by atoms with Gasteiger partial charge in [-0.1, -0.05) is 35.9 Å². The van der Waals surface area contributed by atoms with Crippen LogP contribution in [0.5, 0.6) is 0 Å². The third kappa shape index (κ3) is 4.18. The molecule has 0 saturated heterocycles. The number of aromatic nitrogens is 2. The minimum atomic E-state index is -0.360. The summed E-state index contributed by atoms with van der Waals surface area (Å²) >= 11 is 7.21. The molecule has 0 aliphatic carbocycles. The number of nitrogens with one attached hydrogen (secondary N) is 2. The number of amides is 2. The summed E-state index contributed by atoms with van der Waals surface area (Å²) in [6.45, 7) is 2.07. The molecule has 19 heavy (non-hydrogen) atoms. The predicted octanol–water partition coefficient (Wildman–Crippen LogP) is 3.79. The number of hydrogen-bond donors (Lipinski definition) is 2. The van der Waals surface area contributed by atoms with Crippen molar-refractivity contribution < 1.29 is 4.79 Å². The van der Waals surface area contributed by atoms with Crippen LogP contribution in [0.15, 0.2) is 24.3 Å². The maximum atomic E-state index is 11.7. The molecule has 0 fully saturated rings. The van der Waals surface area contributed by atoms with Crippen LogP contribution in [0.1, 0.15) is 18.4 Å². The molecule has 1 aromatic heterocycles. The monoisotopic (exact) mass is 296 g/mol. The lowest BCUT2D eigenvalue weighted by Crippen LogP contribution is -2.19. The number of hydrogen-bond acceptors (Lipinski definition) is 4. The summed E-state index contributed by atoms with van der Waals surface area (Å²) in [5.41, 5.74) is 0.628. The van der Waals surface area contributed by atoms with Gasteiger partial charge in [-0.15, -0.1) is 10.2 Å². The highest BCUT2D eigenvalue weighted by atomic mass is 35.5. The molecule has 0 spiro atoms. The Bertz CT molecular complexity index is 572. The Kier molecular flexibility index (Phi) is 4.70. The molecule has 0 saturated carbocycles. The van der Waals surface area contributed by atoms with E-state index in [4.69, 9.17) is 11.6 Å². The maximum absolute atomic E-state index is 11.7. The van der Waals surface area contributed by atoms with Gasteiger partial charge in [-0.3, -0.25) is 5.32 Å². The third-order valence-corrected chi connectivity index (χ3v) is 3.37. The summed E-state index contributed by atoms with van der Waals surface area (Å²) in [4.78, 5) is 11.7. The van der Waals surface area contributed by atoms with Crippen molar-refractivity contribution in [1.29, 1.82) is 0 Å². The van der Waals surface area contributed by atoms with Crippen LogP contribution in [0.2, 0.25) is 5.02 Å². The summed E-state index contributed by atoms with van der Waals surface area (Å²) in [5, 5.41) is 15.2. The second kappa shape index (κ2) is 6.49. The number of benzene rings is 1. The molecular weight excluding hydrogens is 284 g/mol. The van der Waals surface area contributed by atoms with Gasteiger partial charge < -0.3 is 5.32 Å². The molecule has 0 radical (unpaired) electrons. The number of aryl methyl sites for hydroxylation is 1. The molecule has 2 N–H and O–H groups in total. The first-order valence-corrected chi connectivity index (χ1v) is 7.03. The van der Waals surface area contributed by atoms with E-state index in [-0.39, 0.29) is 6.03 Å². The Morgan fingerprint density at radius 2 is 2.21 bits per heavy atom. The summed E-state index contributed by atoms with van der Waals surface area (Å²) in [7, 11) is 0. The lowest BCUT2D eigenvalue weighted by molar-refractivity contribution is 0.262. The number of halogens is 1. The smallest absolute Gasteiger partial charge is 0.308 e. The highest BCUT2D eigenvalue weighted by Crippen LogP contribution is 2.18. The quantitative estimate of drug-likeness (QED) is 0.902. The summed E-state index contributed by atoms with van der Waals surface area (Å²) in [6.07, 6.45) is 1.87. The van der Waals surface area contributed by atoms with Crippen LogP contribution in [-0.2, 0) is 6.42 Å². The molecule has 7 heteroatoms. The van der Waals surface area contributed by atoms with E-state index in [2.05, 4.69) is 27.8 Å². The Labute approximate surface area is 120 Å². The van der Waals surface area contributed by atoms with Crippen LogP contribution >= 0.6 is 22.9 Å². The summed E-state index contributed by atoms with van der Waals surface area (Å²) in [5.74, 6) is 0. The van der Waals surface area contributed by atoms with Crippen LogP contribution in [-0.4, -0.2) is 16.2 Å². The van der Waals surface area contributed by atoms with Crippen LogP contribution in [0.25, 0.3) is 0 Å². The molecule has 0 unspecified atom stereocenters. The number of carbonyl (C=O) groups is 1. The molecule has 100 valence electrons. The van der Waals surface area contributed by atoms with Crippen molar-refractivity contribution in [2.45, 2.75) is 19.8 Å². The van der Waals surface area contributed by atoms with Gasteiger partial charge in [0, 0.05) is 17.1 Å². The van der Waals surface area contributed by atoms with E-state index in [0.717, 1.165) is 17.8 Å². The van der Waals surface area contributed by atoms with Crippen molar-refractivity contribution in [1.82, 2.24) is 10.2 Å². The molecule has 5 nitrogen and oxygen atoms in total. The fourth-order valence-corrected chi connectivity index (χ4v) is 2.47. The second-order valence-corrected chi connectivity index (χ2v) is 5.34. The highest BCUT2D eigenvalue weighted by Gasteiger charge is 2.07. The summed E-state index contributed by atoms with van der Waals surface area (Å²) in [6, 6.07) is 6.58. The zero-order valence-corrected chi connectivity index (χ0v) is 11.9. The molecule has 0 aliphatic rings. The first kappa shape index (κ1) is 13.8. The lowest BCUT2D eigenvalue weighted by atomic mass is 10.3. The molecular formula is C12H13ClN4OS. The molecule has 0 atom stereocenters. The van der Waals surface area contributed by atoms with E-state index in [1.54, 1.807) is 24.3 Å².